The average molecular weight is 625 g/mol. The van der Waals surface area contributed by atoms with Crippen molar-refractivity contribution in [3.63, 3.8) is 0 Å². The molecule has 2 aromatic heterocycles. The summed E-state index contributed by atoms with van der Waals surface area (Å²) in [6.45, 7) is 21.6. The van der Waals surface area contributed by atoms with Gasteiger partial charge in [0.2, 0.25) is 0 Å². The third-order valence-electron chi connectivity index (χ3n) is 10.6. The summed E-state index contributed by atoms with van der Waals surface area (Å²) in [6.07, 6.45) is 14.6. The Morgan fingerprint density at radius 2 is 0.953 bits per heavy atom. The highest BCUT2D eigenvalue weighted by Gasteiger charge is 2.53. The monoisotopic (exact) mass is 624 g/mol. The summed E-state index contributed by atoms with van der Waals surface area (Å²) in [5.74, 6) is 0. The van der Waals surface area contributed by atoms with Crippen molar-refractivity contribution < 1.29 is 18.6 Å². The molecule has 3 aromatic rings. The Bertz CT molecular complexity index is 1300. The number of hydrogen-bond acceptors (Lipinski definition) is 6. The molecule has 8 heteroatoms. The molecule has 0 saturated carbocycles. The summed E-state index contributed by atoms with van der Waals surface area (Å²) < 4.78 is 31.0. The van der Waals surface area contributed by atoms with E-state index in [9.17, 15) is 0 Å². The van der Waals surface area contributed by atoms with Crippen LogP contribution in [0.25, 0.3) is 20.2 Å². The molecule has 236 valence electrons. The van der Waals surface area contributed by atoms with Crippen molar-refractivity contribution in [2.45, 2.75) is 162 Å². The second-order valence-electron chi connectivity index (χ2n) is 15.0. The summed E-state index contributed by atoms with van der Waals surface area (Å²) in [6, 6.07) is 4.71. The molecule has 1 aromatic carbocycles. The van der Waals surface area contributed by atoms with Crippen LogP contribution < -0.4 is 9.55 Å². The lowest BCUT2D eigenvalue weighted by atomic mass is 9.86. The molecule has 0 bridgehead atoms. The normalized spacial score (nSPS) is 20.7. The minimum absolute atomic E-state index is 0.328. The lowest BCUT2D eigenvalue weighted by Crippen LogP contribution is -2.41. The van der Waals surface area contributed by atoms with Crippen LogP contribution in [-0.2, 0) is 25.0 Å². The van der Waals surface area contributed by atoms with Gasteiger partial charge >= 0.3 is 14.2 Å². The zero-order valence-electron chi connectivity index (χ0n) is 28.5. The van der Waals surface area contributed by atoms with Crippen molar-refractivity contribution in [3.05, 3.63) is 23.3 Å². The van der Waals surface area contributed by atoms with E-state index in [1.807, 2.05) is 22.7 Å². The van der Waals surface area contributed by atoms with Crippen LogP contribution in [-0.4, -0.2) is 36.6 Å². The fourth-order valence-electron chi connectivity index (χ4n) is 6.26. The van der Waals surface area contributed by atoms with Crippen LogP contribution in [0.1, 0.15) is 138 Å². The number of unbranched alkanes of at least 4 members (excludes halogenated alkanes) is 9. The molecule has 43 heavy (non-hydrogen) atoms. The zero-order chi connectivity index (χ0) is 31.2. The average Bonchev–Trinajstić information content (AvgIpc) is 3.64. The Morgan fingerprint density at radius 1 is 0.558 bits per heavy atom. The third-order valence-corrected chi connectivity index (χ3v) is 13.1. The van der Waals surface area contributed by atoms with Gasteiger partial charge in [0.05, 0.1) is 22.4 Å². The van der Waals surface area contributed by atoms with Gasteiger partial charge in [-0.2, -0.15) is 0 Å². The van der Waals surface area contributed by atoms with Crippen LogP contribution in [0.3, 0.4) is 0 Å². The first-order chi connectivity index (χ1) is 20.2. The van der Waals surface area contributed by atoms with Crippen molar-refractivity contribution in [1.82, 2.24) is 0 Å². The largest absolute Gasteiger partial charge is 0.505 e. The molecule has 4 nitrogen and oxygen atoms in total. The molecule has 0 unspecified atom stereocenters. The first-order valence-corrected chi connectivity index (χ1v) is 18.5. The number of rotatable bonds is 13. The Balaban J connectivity index is 1.41. The number of thiophene rings is 2. The van der Waals surface area contributed by atoms with Gasteiger partial charge in [-0.1, -0.05) is 64.7 Å². The Morgan fingerprint density at radius 3 is 1.42 bits per heavy atom. The second-order valence-corrected chi connectivity index (χ2v) is 17.2. The zero-order valence-corrected chi connectivity index (χ0v) is 30.2. The van der Waals surface area contributed by atoms with Gasteiger partial charge < -0.3 is 18.6 Å². The SMILES string of the molecule is CCCCCCCCCCCCc1c2cc(B3OC(C)(C)C(C)(C)O3)sc2c(C)c2cc(B3OC(C)(C)C(C)(C)O3)sc12. The van der Waals surface area contributed by atoms with Gasteiger partial charge in [0.15, 0.2) is 0 Å². The van der Waals surface area contributed by atoms with Crippen molar-refractivity contribution in [2.75, 3.05) is 0 Å². The van der Waals surface area contributed by atoms with Crippen molar-refractivity contribution in [3.8, 4) is 0 Å². The van der Waals surface area contributed by atoms with E-state index in [2.05, 4.69) is 81.4 Å². The second kappa shape index (κ2) is 12.7. The molecule has 4 heterocycles. The Kier molecular flexibility index (Phi) is 9.90. The highest BCUT2D eigenvalue weighted by atomic mass is 32.1. The Labute approximate surface area is 269 Å². The first-order valence-electron chi connectivity index (χ1n) is 16.9. The van der Waals surface area contributed by atoms with Crippen LogP contribution in [0.15, 0.2) is 12.1 Å². The van der Waals surface area contributed by atoms with E-state index < -0.39 is 0 Å². The Hall–Kier alpha value is -0.890. The molecule has 2 fully saturated rings. The summed E-state index contributed by atoms with van der Waals surface area (Å²) in [4.78, 5) is 0. The van der Waals surface area contributed by atoms with Gasteiger partial charge in [-0.3, -0.25) is 0 Å². The first kappa shape index (κ1) is 33.5. The van der Waals surface area contributed by atoms with Crippen molar-refractivity contribution >= 4 is 66.6 Å². The number of benzene rings is 1. The van der Waals surface area contributed by atoms with Gasteiger partial charge in [0.25, 0.3) is 0 Å². The molecule has 2 aliphatic rings. The maximum atomic E-state index is 6.49. The van der Waals surface area contributed by atoms with Gasteiger partial charge in [-0.15, -0.1) is 22.7 Å². The third kappa shape index (κ3) is 6.67. The van der Waals surface area contributed by atoms with Crippen LogP contribution in [0, 0.1) is 6.92 Å². The standard InChI is InChI=1S/C35H54B2O4S2/c1-11-12-13-14-15-16-17-18-19-20-21-25-27-23-29(37-40-34(7,8)35(9,10)41-37)42-30(27)24(2)26-22-28(43-31(25)26)36-38-32(3,4)33(5,6)39-36/h22-23H,11-21H2,1-10H3. The predicted octanol–water partition coefficient (Wildman–Crippen LogP) is 9.49. The fraction of sp³-hybridized carbons (Fsp3) is 0.714. The predicted molar refractivity (Wildman–Crippen MR) is 189 cm³/mol. The molecular formula is C35H54B2O4S2. The minimum Gasteiger partial charge on any atom is -0.399 e. The number of fused-ring (bicyclic) bond motifs is 2. The minimum atomic E-state index is -0.347. The van der Waals surface area contributed by atoms with Gasteiger partial charge in [0, 0.05) is 19.0 Å². The van der Waals surface area contributed by atoms with Crippen LogP contribution >= 0.6 is 22.7 Å². The summed E-state index contributed by atoms with van der Waals surface area (Å²) in [5, 5.41) is 2.71. The molecule has 5 rings (SSSR count). The molecule has 0 aliphatic carbocycles. The van der Waals surface area contributed by atoms with E-state index in [1.165, 1.54) is 105 Å². The maximum Gasteiger partial charge on any atom is 0.505 e. The lowest BCUT2D eigenvalue weighted by Gasteiger charge is -2.32. The van der Waals surface area contributed by atoms with E-state index in [0.717, 1.165) is 6.42 Å². The topological polar surface area (TPSA) is 36.9 Å². The molecule has 0 spiro atoms. The maximum absolute atomic E-state index is 6.49. The van der Waals surface area contributed by atoms with E-state index in [4.69, 9.17) is 18.6 Å². The molecule has 0 amide bonds. The molecule has 2 saturated heterocycles. The molecule has 0 radical (unpaired) electrons. The van der Waals surface area contributed by atoms with E-state index in [1.54, 1.807) is 0 Å². The van der Waals surface area contributed by atoms with E-state index >= 15 is 0 Å². The molecule has 0 atom stereocenters. The number of hydrogen-bond donors (Lipinski definition) is 0. The highest BCUT2D eigenvalue weighted by Crippen LogP contribution is 2.43. The van der Waals surface area contributed by atoms with Gasteiger partial charge in [-0.25, -0.2) is 0 Å². The van der Waals surface area contributed by atoms with Gasteiger partial charge in [-0.05, 0) is 109 Å². The van der Waals surface area contributed by atoms with Crippen molar-refractivity contribution in [2.24, 2.45) is 0 Å². The van der Waals surface area contributed by atoms with Gasteiger partial charge in [0.1, 0.15) is 0 Å². The molecular weight excluding hydrogens is 570 g/mol. The van der Waals surface area contributed by atoms with Crippen molar-refractivity contribution in [1.29, 1.82) is 0 Å². The van der Waals surface area contributed by atoms with E-state index in [-0.39, 0.29) is 36.6 Å². The van der Waals surface area contributed by atoms with Crippen LogP contribution in [0.5, 0.6) is 0 Å². The van der Waals surface area contributed by atoms with Crippen LogP contribution in [0.4, 0.5) is 0 Å². The lowest BCUT2D eigenvalue weighted by molar-refractivity contribution is 0.00578. The summed E-state index contributed by atoms with van der Waals surface area (Å²) >= 11 is 3.71. The number of aryl methyl sites for hydroxylation is 2. The molecule has 2 aliphatic heterocycles. The summed E-state index contributed by atoms with van der Waals surface area (Å²) in [7, 11) is -0.657. The smallest absolute Gasteiger partial charge is 0.399 e. The van der Waals surface area contributed by atoms with Crippen LogP contribution in [0.2, 0.25) is 0 Å². The highest BCUT2D eigenvalue weighted by molar-refractivity contribution is 7.30. The summed E-state index contributed by atoms with van der Waals surface area (Å²) in [5.41, 5.74) is 1.42. The fourth-order valence-corrected chi connectivity index (χ4v) is 8.68. The van der Waals surface area contributed by atoms with E-state index in [0.29, 0.717) is 0 Å². The molecule has 0 N–H and O–H groups in total. The quantitative estimate of drug-likeness (QED) is 0.140.